The van der Waals surface area contributed by atoms with Crippen LogP contribution in [-0.4, -0.2) is 57.4 Å². The van der Waals surface area contributed by atoms with Crippen molar-refractivity contribution >= 4 is 48.1 Å². The van der Waals surface area contributed by atoms with Crippen LogP contribution in [0.2, 0.25) is 0 Å². The molecule has 7 rings (SSSR count). The highest BCUT2D eigenvalue weighted by molar-refractivity contribution is 7.91. The van der Waals surface area contributed by atoms with Crippen LogP contribution in [0.3, 0.4) is 0 Å². The molecule has 3 heterocycles. The average molecular weight is 555 g/mol. The Labute approximate surface area is 215 Å². The lowest BCUT2D eigenvalue weighted by Gasteiger charge is -2.54. The Hall–Kier alpha value is -1.96. The summed E-state index contributed by atoms with van der Waals surface area (Å²) in [5, 5.41) is 16.3. The predicted molar refractivity (Wildman–Crippen MR) is 136 cm³/mol. The number of aliphatic hydroxyl groups is 1. The second-order valence-electron chi connectivity index (χ2n) is 10.7. The number of thiophene rings is 1. The third-order valence-electron chi connectivity index (χ3n) is 8.34. The van der Waals surface area contributed by atoms with Gasteiger partial charge in [0.2, 0.25) is 10.0 Å². The van der Waals surface area contributed by atoms with Gasteiger partial charge in [-0.1, -0.05) is 12.8 Å². The number of rotatable bonds is 7. The van der Waals surface area contributed by atoms with Crippen LogP contribution >= 0.6 is 11.3 Å². The Balaban J connectivity index is 1.38. The molecule has 2 bridgehead atoms. The number of carbonyl (C=O) groups is 1. The van der Waals surface area contributed by atoms with Crippen molar-refractivity contribution in [2.75, 3.05) is 18.1 Å². The van der Waals surface area contributed by atoms with E-state index in [9.17, 15) is 26.7 Å². The summed E-state index contributed by atoms with van der Waals surface area (Å²) in [5.41, 5.74) is 0.234. The minimum Gasteiger partial charge on any atom is -0.511 e. The first-order valence-corrected chi connectivity index (χ1v) is 16.7. The first kappa shape index (κ1) is 24.4. The monoisotopic (exact) mass is 554 g/mol. The molecule has 13 heteroatoms. The molecule has 6 aliphatic rings. The van der Waals surface area contributed by atoms with Crippen molar-refractivity contribution < 1.29 is 26.7 Å². The normalized spacial score (nSPS) is 31.1. The zero-order valence-electron chi connectivity index (χ0n) is 19.9. The number of fused-ring (bicyclic) bond motifs is 3. The fourth-order valence-electron chi connectivity index (χ4n) is 6.49. The van der Waals surface area contributed by atoms with E-state index >= 15 is 0 Å². The maximum Gasteiger partial charge on any atom is 0.287 e. The second-order valence-corrected chi connectivity index (χ2v) is 15.0. The van der Waals surface area contributed by atoms with Crippen LogP contribution in [0, 0.1) is 23.7 Å². The minimum atomic E-state index is -4.23. The zero-order chi connectivity index (χ0) is 25.4. The number of sulfonamides is 2. The van der Waals surface area contributed by atoms with Crippen molar-refractivity contribution in [3.63, 3.8) is 0 Å². The number of carbonyl (C=O) groups excluding carboxylic acids is 1. The molecule has 2 aliphatic heterocycles. The quantitative estimate of drug-likeness (QED) is 0.470. The molecular formula is C23H30N4O6S3. The third kappa shape index (κ3) is 4.17. The lowest BCUT2D eigenvalue weighted by atomic mass is 9.59. The maximum absolute atomic E-state index is 13.9. The van der Waals surface area contributed by atoms with Crippen LogP contribution in [0.15, 0.2) is 26.0 Å². The van der Waals surface area contributed by atoms with Crippen molar-refractivity contribution in [3.8, 4) is 0 Å². The van der Waals surface area contributed by atoms with Gasteiger partial charge < -0.3 is 15.3 Å². The van der Waals surface area contributed by atoms with E-state index in [1.54, 1.807) is 5.38 Å². The van der Waals surface area contributed by atoms with Crippen molar-refractivity contribution in [2.45, 2.75) is 62.4 Å². The number of amidine groups is 1. The van der Waals surface area contributed by atoms with Gasteiger partial charge in [-0.15, -0.1) is 15.7 Å². The van der Waals surface area contributed by atoms with Gasteiger partial charge in [0.05, 0.1) is 6.26 Å². The molecule has 0 aromatic carbocycles. The summed E-state index contributed by atoms with van der Waals surface area (Å²) >= 11 is 1.10. The van der Waals surface area contributed by atoms with Gasteiger partial charge >= 0.3 is 0 Å². The maximum atomic E-state index is 13.9. The molecule has 196 valence electrons. The molecule has 36 heavy (non-hydrogen) atoms. The number of anilines is 1. The number of hydrogen-bond donors (Lipinski definition) is 3. The molecule has 1 amide bonds. The standard InChI is InChI=1S/C23H30N4O6S3/c1-35(30,31)24-10-15-11-34-22-20(15)36(32,33)26-21(25-22)17-19(28)16-13-4-6-14(7-5-13)18(16)27(23(17)29)9-8-12-2-3-12/h11-14,16,18,24,28H,2-10H2,1H3,(H,25,26)/t13?,14?,16-,18+/m1/s1. The summed E-state index contributed by atoms with van der Waals surface area (Å²) in [6.07, 6.45) is 8.38. The first-order valence-electron chi connectivity index (χ1n) is 12.4. The molecule has 1 aromatic heterocycles. The van der Waals surface area contributed by atoms with Gasteiger partial charge in [-0.25, -0.2) is 13.1 Å². The van der Waals surface area contributed by atoms with E-state index in [2.05, 4.69) is 14.4 Å². The molecule has 4 fully saturated rings. The SMILES string of the molecule is CS(=O)(=O)NCc1csc2c1S(=O)(=O)N=C(C1=C(O)[C@@H]3C4CCC(CC4)[C@@H]3N(CCC3CC3)C1=O)N2. The van der Waals surface area contributed by atoms with E-state index in [4.69, 9.17) is 0 Å². The summed E-state index contributed by atoms with van der Waals surface area (Å²) in [5.74, 6) is 0.508. The highest BCUT2D eigenvalue weighted by Gasteiger charge is 2.54. The molecule has 4 saturated carbocycles. The van der Waals surface area contributed by atoms with Crippen LogP contribution in [0.4, 0.5) is 5.00 Å². The van der Waals surface area contributed by atoms with Crippen molar-refractivity contribution in [1.82, 2.24) is 9.62 Å². The van der Waals surface area contributed by atoms with E-state index in [-0.39, 0.29) is 63.0 Å². The van der Waals surface area contributed by atoms with Gasteiger partial charge in [-0.2, -0.15) is 8.42 Å². The molecule has 1 aromatic rings. The zero-order valence-corrected chi connectivity index (χ0v) is 22.4. The molecule has 2 atom stereocenters. The molecule has 0 spiro atoms. The number of hydrogen-bond acceptors (Lipinski definition) is 8. The topological polar surface area (TPSA) is 145 Å². The lowest BCUT2D eigenvalue weighted by molar-refractivity contribution is -0.139. The van der Waals surface area contributed by atoms with Crippen LogP contribution in [0.5, 0.6) is 0 Å². The fraction of sp³-hybridized carbons (Fsp3) is 0.652. The molecule has 0 radical (unpaired) electrons. The molecule has 0 saturated heterocycles. The van der Waals surface area contributed by atoms with E-state index in [0.717, 1.165) is 49.7 Å². The largest absolute Gasteiger partial charge is 0.511 e. The van der Waals surface area contributed by atoms with E-state index < -0.39 is 20.0 Å². The highest BCUT2D eigenvalue weighted by Crippen LogP contribution is 2.52. The van der Waals surface area contributed by atoms with Crippen LogP contribution < -0.4 is 10.0 Å². The van der Waals surface area contributed by atoms with Crippen LogP contribution in [0.1, 0.15) is 50.5 Å². The molecular weight excluding hydrogens is 524 g/mol. The minimum absolute atomic E-state index is 0.0394. The Morgan fingerprint density at radius 3 is 2.56 bits per heavy atom. The Morgan fingerprint density at radius 1 is 1.19 bits per heavy atom. The number of amides is 1. The Bertz CT molecular complexity index is 1380. The predicted octanol–water partition coefficient (Wildman–Crippen LogP) is 2.57. The molecule has 4 aliphatic carbocycles. The fourth-order valence-corrected chi connectivity index (χ4v) is 9.52. The van der Waals surface area contributed by atoms with E-state index in [1.807, 2.05) is 4.90 Å². The van der Waals surface area contributed by atoms with Gasteiger partial charge in [-0.3, -0.25) is 4.79 Å². The summed E-state index contributed by atoms with van der Waals surface area (Å²) in [7, 11) is -7.75. The summed E-state index contributed by atoms with van der Waals surface area (Å²) < 4.78 is 55.7. The summed E-state index contributed by atoms with van der Waals surface area (Å²) in [6.45, 7) is 0.418. The Kier molecular flexibility index (Phi) is 5.78. The van der Waals surface area contributed by atoms with E-state index in [1.165, 1.54) is 12.8 Å². The van der Waals surface area contributed by atoms with E-state index in [0.29, 0.717) is 18.4 Å². The Morgan fingerprint density at radius 2 is 1.89 bits per heavy atom. The first-order chi connectivity index (χ1) is 17.0. The smallest absolute Gasteiger partial charge is 0.287 e. The third-order valence-corrected chi connectivity index (χ3v) is 11.5. The van der Waals surface area contributed by atoms with Crippen molar-refractivity contribution in [2.24, 2.45) is 28.1 Å². The van der Waals surface area contributed by atoms with Gasteiger partial charge in [-0.05, 0) is 55.2 Å². The summed E-state index contributed by atoms with van der Waals surface area (Å²) in [6, 6.07) is -0.0423. The number of nitrogens with one attached hydrogen (secondary N) is 2. The second kappa shape index (κ2) is 8.53. The lowest BCUT2D eigenvalue weighted by Crippen LogP contribution is -2.60. The van der Waals surface area contributed by atoms with Crippen LogP contribution in [0.25, 0.3) is 0 Å². The highest BCUT2D eigenvalue weighted by atomic mass is 32.2. The van der Waals surface area contributed by atoms with Crippen LogP contribution in [-0.2, 0) is 31.4 Å². The molecule has 10 nitrogen and oxygen atoms in total. The average Bonchev–Trinajstić information content (AvgIpc) is 3.54. The number of aliphatic hydroxyl groups excluding tert-OH is 1. The number of nitrogens with zero attached hydrogens (tertiary/aromatic N) is 2. The van der Waals surface area contributed by atoms with Gasteiger partial charge in [0.15, 0.2) is 5.84 Å². The van der Waals surface area contributed by atoms with Crippen molar-refractivity contribution in [3.05, 3.63) is 22.3 Å². The van der Waals surface area contributed by atoms with Crippen molar-refractivity contribution in [1.29, 1.82) is 0 Å². The van der Waals surface area contributed by atoms with Gasteiger partial charge in [0.1, 0.15) is 21.2 Å². The van der Waals surface area contributed by atoms with Gasteiger partial charge in [0.25, 0.3) is 15.9 Å². The molecule has 0 unspecified atom stereocenters. The van der Waals surface area contributed by atoms with Gasteiger partial charge in [0, 0.05) is 30.6 Å². The molecule has 3 N–H and O–H groups in total. The summed E-state index contributed by atoms with van der Waals surface area (Å²) in [4.78, 5) is 15.7.